The number of hydrogen-bond acceptors (Lipinski definition) is 0. The van der Waals surface area contributed by atoms with Crippen molar-refractivity contribution in [2.45, 2.75) is 6.42 Å². The van der Waals surface area contributed by atoms with Crippen LogP contribution in [0.25, 0.3) is 11.1 Å². The molecule has 0 fully saturated rings. The van der Waals surface area contributed by atoms with E-state index in [4.69, 9.17) is 0 Å². The Morgan fingerprint density at radius 2 is 0.939 bits per heavy atom. The zero-order chi connectivity index (χ0) is 22.3. The molecule has 0 aromatic heterocycles. The summed E-state index contributed by atoms with van der Waals surface area (Å²) in [7, 11) is 0. The van der Waals surface area contributed by atoms with Gasteiger partial charge in [-0.05, 0) is 57.0 Å². The zero-order valence-electron chi connectivity index (χ0n) is 18.6. The van der Waals surface area contributed by atoms with Crippen molar-refractivity contribution in [1.82, 2.24) is 0 Å². The fraction of sp³-hybridized carbons (Fsp3) is 0.0303. The SMILES string of the molecule is C1=CCC(C(C=C(c2ccccc2)c2ccccc2)=C(c2ccccc2)c2ccccc2)=C1. The molecule has 0 bridgehead atoms. The standard InChI is InChI=1S/C33H26/c1-5-15-26(16-6-1)31(27-17-7-2-8-18-27)25-32(28-19-13-14-20-28)33(29-21-9-3-10-22-29)30-23-11-4-12-24-30/h1-19,21-25H,20H2. The van der Waals surface area contributed by atoms with Crippen LogP contribution in [0, 0.1) is 0 Å². The third kappa shape index (κ3) is 4.71. The Balaban J connectivity index is 1.83. The lowest BCUT2D eigenvalue weighted by Crippen LogP contribution is -1.98. The van der Waals surface area contributed by atoms with Crippen molar-refractivity contribution in [1.29, 1.82) is 0 Å². The number of allylic oxidation sites excluding steroid dienone is 6. The maximum atomic E-state index is 2.39. The molecule has 0 heterocycles. The Labute approximate surface area is 196 Å². The Hall–Kier alpha value is -4.16. The molecule has 0 N–H and O–H groups in total. The number of hydrogen-bond donors (Lipinski definition) is 0. The third-order valence-electron chi connectivity index (χ3n) is 5.97. The van der Waals surface area contributed by atoms with Gasteiger partial charge in [-0.25, -0.2) is 0 Å². The van der Waals surface area contributed by atoms with Crippen molar-refractivity contribution < 1.29 is 0 Å². The summed E-state index contributed by atoms with van der Waals surface area (Å²) in [6.45, 7) is 0. The average molecular weight is 423 g/mol. The first-order valence-corrected chi connectivity index (χ1v) is 11.4. The van der Waals surface area contributed by atoms with Gasteiger partial charge in [-0.2, -0.15) is 0 Å². The minimum absolute atomic E-state index is 0.936. The van der Waals surface area contributed by atoms with E-state index in [-0.39, 0.29) is 0 Å². The molecule has 0 radical (unpaired) electrons. The van der Waals surface area contributed by atoms with E-state index in [1.165, 1.54) is 44.5 Å². The normalized spacial score (nSPS) is 12.2. The summed E-state index contributed by atoms with van der Waals surface area (Å²) in [5, 5.41) is 0. The van der Waals surface area contributed by atoms with E-state index in [2.05, 4.69) is 146 Å². The topological polar surface area (TPSA) is 0 Å². The van der Waals surface area contributed by atoms with Gasteiger partial charge in [-0.1, -0.05) is 140 Å². The fourth-order valence-corrected chi connectivity index (χ4v) is 4.37. The molecule has 5 rings (SSSR count). The summed E-state index contributed by atoms with van der Waals surface area (Å²) in [6.07, 6.45) is 9.99. The molecule has 0 saturated carbocycles. The van der Waals surface area contributed by atoms with Crippen molar-refractivity contribution in [3.63, 3.8) is 0 Å². The van der Waals surface area contributed by atoms with Crippen LogP contribution in [0.4, 0.5) is 0 Å². The Bertz CT molecular complexity index is 1240. The van der Waals surface area contributed by atoms with E-state index in [9.17, 15) is 0 Å². The van der Waals surface area contributed by atoms with E-state index >= 15 is 0 Å². The first-order chi connectivity index (χ1) is 16.4. The molecule has 0 unspecified atom stereocenters. The highest BCUT2D eigenvalue weighted by molar-refractivity contribution is 5.91. The lowest BCUT2D eigenvalue weighted by atomic mass is 9.86. The summed E-state index contributed by atoms with van der Waals surface area (Å²) in [4.78, 5) is 0. The summed E-state index contributed by atoms with van der Waals surface area (Å²) in [6, 6.07) is 42.9. The first-order valence-electron chi connectivity index (χ1n) is 11.4. The minimum atomic E-state index is 0.936. The maximum absolute atomic E-state index is 2.39. The van der Waals surface area contributed by atoms with Crippen LogP contribution in [-0.4, -0.2) is 0 Å². The lowest BCUT2D eigenvalue weighted by molar-refractivity contribution is 1.28. The lowest BCUT2D eigenvalue weighted by Gasteiger charge is -2.18. The van der Waals surface area contributed by atoms with E-state index in [1.807, 2.05) is 0 Å². The summed E-state index contributed by atoms with van der Waals surface area (Å²) < 4.78 is 0. The monoisotopic (exact) mass is 422 g/mol. The van der Waals surface area contributed by atoms with E-state index in [0.29, 0.717) is 0 Å². The summed E-state index contributed by atoms with van der Waals surface area (Å²) in [5.41, 5.74) is 9.97. The van der Waals surface area contributed by atoms with Gasteiger partial charge in [-0.3, -0.25) is 0 Å². The third-order valence-corrected chi connectivity index (χ3v) is 5.97. The van der Waals surface area contributed by atoms with Crippen molar-refractivity contribution in [2.75, 3.05) is 0 Å². The molecule has 4 aromatic carbocycles. The van der Waals surface area contributed by atoms with Crippen LogP contribution in [-0.2, 0) is 0 Å². The Morgan fingerprint density at radius 3 is 1.33 bits per heavy atom. The predicted octanol–water partition coefficient (Wildman–Crippen LogP) is 8.51. The molecule has 1 aliphatic rings. The van der Waals surface area contributed by atoms with Gasteiger partial charge in [0.1, 0.15) is 0 Å². The second-order valence-corrected chi connectivity index (χ2v) is 8.13. The fourth-order valence-electron chi connectivity index (χ4n) is 4.37. The van der Waals surface area contributed by atoms with Crippen LogP contribution in [0.1, 0.15) is 28.7 Å². The number of rotatable bonds is 6. The molecule has 0 aliphatic heterocycles. The molecule has 0 saturated heterocycles. The molecule has 0 amide bonds. The molecular formula is C33H26. The zero-order valence-corrected chi connectivity index (χ0v) is 18.6. The molecule has 0 spiro atoms. The van der Waals surface area contributed by atoms with Gasteiger partial charge < -0.3 is 0 Å². The van der Waals surface area contributed by atoms with Crippen molar-refractivity contribution >= 4 is 11.1 Å². The molecule has 33 heavy (non-hydrogen) atoms. The van der Waals surface area contributed by atoms with Gasteiger partial charge in [0.25, 0.3) is 0 Å². The quantitative estimate of drug-likeness (QED) is 0.273. The van der Waals surface area contributed by atoms with Crippen LogP contribution in [0.5, 0.6) is 0 Å². The molecule has 0 nitrogen and oxygen atoms in total. The highest BCUT2D eigenvalue weighted by atomic mass is 14.2. The molecular weight excluding hydrogens is 396 g/mol. The molecule has 0 heteroatoms. The van der Waals surface area contributed by atoms with Crippen LogP contribution < -0.4 is 0 Å². The Morgan fingerprint density at radius 1 is 0.515 bits per heavy atom. The van der Waals surface area contributed by atoms with Gasteiger partial charge in [0.2, 0.25) is 0 Å². The van der Waals surface area contributed by atoms with Crippen LogP contribution >= 0.6 is 0 Å². The molecule has 158 valence electrons. The molecule has 4 aromatic rings. The van der Waals surface area contributed by atoms with Gasteiger partial charge in [-0.15, -0.1) is 0 Å². The number of benzene rings is 4. The highest BCUT2D eigenvalue weighted by Gasteiger charge is 2.17. The van der Waals surface area contributed by atoms with Gasteiger partial charge in [0, 0.05) is 0 Å². The highest BCUT2D eigenvalue weighted by Crippen LogP contribution is 2.37. The molecule has 0 atom stereocenters. The van der Waals surface area contributed by atoms with Crippen LogP contribution in [0.15, 0.2) is 157 Å². The van der Waals surface area contributed by atoms with E-state index in [1.54, 1.807) is 0 Å². The second-order valence-electron chi connectivity index (χ2n) is 8.13. The average Bonchev–Trinajstić information content (AvgIpc) is 3.43. The van der Waals surface area contributed by atoms with Crippen LogP contribution in [0.3, 0.4) is 0 Å². The van der Waals surface area contributed by atoms with Crippen molar-refractivity contribution in [3.05, 3.63) is 179 Å². The predicted molar refractivity (Wildman–Crippen MR) is 141 cm³/mol. The smallest absolute Gasteiger partial charge is 0.00358 e. The summed E-state index contributed by atoms with van der Waals surface area (Å²) >= 11 is 0. The Kier molecular flexibility index (Phi) is 6.26. The van der Waals surface area contributed by atoms with Crippen molar-refractivity contribution in [3.8, 4) is 0 Å². The first kappa shape index (κ1) is 20.7. The van der Waals surface area contributed by atoms with Crippen molar-refractivity contribution in [2.24, 2.45) is 0 Å². The second kappa shape index (κ2) is 9.97. The van der Waals surface area contributed by atoms with Gasteiger partial charge in [0.15, 0.2) is 0 Å². The van der Waals surface area contributed by atoms with E-state index in [0.717, 1.165) is 6.42 Å². The minimum Gasteiger partial charge on any atom is -0.0801 e. The van der Waals surface area contributed by atoms with Crippen LogP contribution in [0.2, 0.25) is 0 Å². The summed E-state index contributed by atoms with van der Waals surface area (Å²) in [5.74, 6) is 0. The maximum Gasteiger partial charge on any atom is -0.00358 e. The largest absolute Gasteiger partial charge is 0.0801 e. The van der Waals surface area contributed by atoms with Gasteiger partial charge >= 0.3 is 0 Å². The molecule has 1 aliphatic carbocycles. The van der Waals surface area contributed by atoms with E-state index < -0.39 is 0 Å². The van der Waals surface area contributed by atoms with Gasteiger partial charge in [0.05, 0.1) is 0 Å².